The van der Waals surface area contributed by atoms with Crippen molar-refractivity contribution in [3.63, 3.8) is 0 Å². The van der Waals surface area contributed by atoms with E-state index in [1.807, 2.05) is 0 Å². The summed E-state index contributed by atoms with van der Waals surface area (Å²) in [5.41, 5.74) is 0. The van der Waals surface area contributed by atoms with E-state index in [0.717, 1.165) is 26.3 Å². The molecule has 0 amide bonds. The molecule has 1 saturated heterocycles. The molecule has 0 spiro atoms. The van der Waals surface area contributed by atoms with Crippen LogP contribution in [0.2, 0.25) is 0 Å². The van der Waals surface area contributed by atoms with Crippen molar-refractivity contribution >= 4 is 0 Å². The van der Waals surface area contributed by atoms with Gasteiger partial charge in [0.05, 0.1) is 13.2 Å². The van der Waals surface area contributed by atoms with Crippen LogP contribution in [0.1, 0.15) is 0 Å². The van der Waals surface area contributed by atoms with Gasteiger partial charge in [-0.15, -0.1) is 0 Å². The second-order valence-electron chi connectivity index (χ2n) is 1.36. The first-order chi connectivity index (χ1) is 3.00. The fourth-order valence-corrected chi connectivity index (χ4v) is 0.516. The van der Waals surface area contributed by atoms with E-state index in [4.69, 9.17) is 4.74 Å². The van der Waals surface area contributed by atoms with E-state index in [-0.39, 0.29) is 5.48 Å². The van der Waals surface area contributed by atoms with Gasteiger partial charge in [-0.25, -0.2) is 0 Å². The second-order valence-corrected chi connectivity index (χ2v) is 1.36. The van der Waals surface area contributed by atoms with Crippen molar-refractivity contribution in [3.05, 3.63) is 0 Å². The molecule has 0 aromatic rings. The van der Waals surface area contributed by atoms with Gasteiger partial charge in [0.1, 0.15) is 0 Å². The second kappa shape index (κ2) is 4.05. The summed E-state index contributed by atoms with van der Waals surface area (Å²) < 4.78 is 5.01. The van der Waals surface area contributed by atoms with Crippen molar-refractivity contribution in [1.82, 2.24) is 5.32 Å². The molecule has 3 heteroatoms. The summed E-state index contributed by atoms with van der Waals surface area (Å²) in [6.45, 7) is 3.83. The number of morpholine rings is 1. The van der Waals surface area contributed by atoms with Crippen LogP contribution in [-0.2, 0) is 10.2 Å². The maximum atomic E-state index is 5.01. The standard InChI is InChI=1S/C4H9NO.O/c1-3-6-4-2-5-1;/h5H,1-4H2;. The van der Waals surface area contributed by atoms with E-state index in [1.54, 1.807) is 0 Å². The normalized spacial score (nSPS) is 20.6. The Morgan fingerprint density at radius 3 is 1.86 bits per heavy atom. The summed E-state index contributed by atoms with van der Waals surface area (Å²) in [6, 6.07) is 0. The highest BCUT2D eigenvalue weighted by Gasteiger charge is 1.92. The molecule has 0 saturated carbocycles. The van der Waals surface area contributed by atoms with Crippen LogP contribution in [0.3, 0.4) is 0 Å². The van der Waals surface area contributed by atoms with Crippen molar-refractivity contribution in [1.29, 1.82) is 0 Å². The average molecular weight is 103 g/mol. The lowest BCUT2D eigenvalue weighted by atomic mass is 10.5. The Balaban J connectivity index is 0.000000360. The largest absolute Gasteiger partial charge is 0.379 e. The molecule has 1 heterocycles. The van der Waals surface area contributed by atoms with Crippen LogP contribution in [0, 0.1) is 0 Å². The SMILES string of the molecule is C1COCCN1.[O]. The van der Waals surface area contributed by atoms with Gasteiger partial charge >= 0.3 is 0 Å². The van der Waals surface area contributed by atoms with E-state index in [2.05, 4.69) is 5.32 Å². The van der Waals surface area contributed by atoms with E-state index in [0.29, 0.717) is 0 Å². The zero-order valence-corrected chi connectivity index (χ0v) is 4.14. The minimum Gasteiger partial charge on any atom is -0.379 e. The van der Waals surface area contributed by atoms with Crippen molar-refractivity contribution in [2.24, 2.45) is 0 Å². The van der Waals surface area contributed by atoms with Crippen LogP contribution in [-0.4, -0.2) is 26.3 Å². The zero-order chi connectivity index (χ0) is 4.24. The molecule has 1 rings (SSSR count). The van der Waals surface area contributed by atoms with Gasteiger partial charge in [0.25, 0.3) is 0 Å². The van der Waals surface area contributed by atoms with Crippen LogP contribution >= 0.6 is 0 Å². The molecule has 7 heavy (non-hydrogen) atoms. The molecular weight excluding hydrogens is 94.0 g/mol. The monoisotopic (exact) mass is 103 g/mol. The minimum atomic E-state index is 0. The van der Waals surface area contributed by atoms with E-state index >= 15 is 0 Å². The third kappa shape index (κ3) is 2.56. The highest BCUT2D eigenvalue weighted by molar-refractivity contribution is 4.49. The van der Waals surface area contributed by atoms with Gasteiger partial charge in [-0.3, -0.25) is 0 Å². The van der Waals surface area contributed by atoms with Gasteiger partial charge in [0.15, 0.2) is 0 Å². The quantitative estimate of drug-likeness (QED) is 0.448. The lowest BCUT2D eigenvalue weighted by molar-refractivity contribution is 0.109. The summed E-state index contributed by atoms with van der Waals surface area (Å²) in [5.74, 6) is 0. The summed E-state index contributed by atoms with van der Waals surface area (Å²) >= 11 is 0. The van der Waals surface area contributed by atoms with Crippen LogP contribution in [0.25, 0.3) is 0 Å². The Kier molecular flexibility index (Phi) is 3.98. The lowest BCUT2D eigenvalue weighted by Gasteiger charge is -2.10. The Morgan fingerprint density at radius 2 is 1.71 bits per heavy atom. The first kappa shape index (κ1) is 6.88. The molecular formula is C4H9NO2. The van der Waals surface area contributed by atoms with E-state index in [1.165, 1.54) is 0 Å². The predicted molar refractivity (Wildman–Crippen MR) is 24.4 cm³/mol. The third-order valence-electron chi connectivity index (χ3n) is 0.846. The van der Waals surface area contributed by atoms with Gasteiger partial charge in [0, 0.05) is 18.6 Å². The fraction of sp³-hybridized carbons (Fsp3) is 1.00. The number of ether oxygens (including phenoxy) is 1. The summed E-state index contributed by atoms with van der Waals surface area (Å²) in [6.07, 6.45) is 0. The molecule has 3 nitrogen and oxygen atoms in total. The molecule has 0 aromatic heterocycles. The zero-order valence-electron chi connectivity index (χ0n) is 4.14. The Labute approximate surface area is 43.0 Å². The van der Waals surface area contributed by atoms with Gasteiger partial charge in [-0.1, -0.05) is 0 Å². The predicted octanol–water partition coefficient (Wildman–Crippen LogP) is -0.513. The molecule has 0 bridgehead atoms. The third-order valence-corrected chi connectivity index (χ3v) is 0.846. The minimum absolute atomic E-state index is 0. The molecule has 2 radical (unpaired) electrons. The molecule has 0 aliphatic carbocycles. The van der Waals surface area contributed by atoms with Gasteiger partial charge in [-0.2, -0.15) is 0 Å². The molecule has 0 unspecified atom stereocenters. The summed E-state index contributed by atoms with van der Waals surface area (Å²) in [5, 5.41) is 3.16. The first-order valence-electron chi connectivity index (χ1n) is 2.28. The highest BCUT2D eigenvalue weighted by atomic mass is 16.5. The molecule has 42 valence electrons. The van der Waals surface area contributed by atoms with Gasteiger partial charge in [-0.05, 0) is 0 Å². The topological polar surface area (TPSA) is 49.8 Å². The van der Waals surface area contributed by atoms with E-state index < -0.39 is 0 Å². The number of nitrogens with one attached hydrogen (secondary N) is 1. The molecule has 0 atom stereocenters. The lowest BCUT2D eigenvalue weighted by Crippen LogP contribution is -2.30. The first-order valence-corrected chi connectivity index (χ1v) is 2.28. The highest BCUT2D eigenvalue weighted by Crippen LogP contribution is 1.76. The van der Waals surface area contributed by atoms with Crippen molar-refractivity contribution in [2.75, 3.05) is 26.3 Å². The van der Waals surface area contributed by atoms with Gasteiger partial charge < -0.3 is 10.1 Å². The molecule has 1 N–H and O–H groups in total. The van der Waals surface area contributed by atoms with Gasteiger partial charge in [0.2, 0.25) is 0 Å². The molecule has 1 aliphatic rings. The maximum absolute atomic E-state index is 5.01. The van der Waals surface area contributed by atoms with E-state index in [9.17, 15) is 0 Å². The molecule has 0 aromatic carbocycles. The van der Waals surface area contributed by atoms with Crippen LogP contribution in [0.4, 0.5) is 0 Å². The van der Waals surface area contributed by atoms with Crippen LogP contribution in [0.5, 0.6) is 0 Å². The summed E-state index contributed by atoms with van der Waals surface area (Å²) in [7, 11) is 0. The maximum Gasteiger partial charge on any atom is 0.0591 e. The van der Waals surface area contributed by atoms with Crippen molar-refractivity contribution in [2.45, 2.75) is 0 Å². The van der Waals surface area contributed by atoms with Crippen LogP contribution in [0.15, 0.2) is 0 Å². The Morgan fingerprint density at radius 1 is 1.14 bits per heavy atom. The number of rotatable bonds is 0. The smallest absolute Gasteiger partial charge is 0.0591 e. The fourth-order valence-electron chi connectivity index (χ4n) is 0.516. The number of hydrogen-bond acceptors (Lipinski definition) is 2. The summed E-state index contributed by atoms with van der Waals surface area (Å²) in [4.78, 5) is 0. The molecule has 1 fully saturated rings. The van der Waals surface area contributed by atoms with Crippen molar-refractivity contribution < 1.29 is 10.2 Å². The average Bonchev–Trinajstić information content (AvgIpc) is 1.72. The number of hydrogen-bond donors (Lipinski definition) is 1. The Bertz CT molecular complexity index is 25.2. The Hall–Kier alpha value is -0.120. The van der Waals surface area contributed by atoms with Crippen molar-refractivity contribution in [3.8, 4) is 0 Å². The van der Waals surface area contributed by atoms with Crippen LogP contribution < -0.4 is 5.32 Å². The molecule has 1 aliphatic heterocycles.